The van der Waals surface area contributed by atoms with Crippen molar-refractivity contribution in [1.29, 1.82) is 0 Å². The first-order chi connectivity index (χ1) is 9.22. The number of imidazole rings is 1. The summed E-state index contributed by atoms with van der Waals surface area (Å²) < 4.78 is 7.39. The van der Waals surface area contributed by atoms with E-state index in [1.54, 1.807) is 7.11 Å². The van der Waals surface area contributed by atoms with E-state index in [0.717, 1.165) is 28.2 Å². The van der Waals surface area contributed by atoms with Crippen LogP contribution in [0.1, 0.15) is 5.56 Å². The Balaban J connectivity index is 2.35. The summed E-state index contributed by atoms with van der Waals surface area (Å²) in [6, 6.07) is 11.8. The van der Waals surface area contributed by atoms with Gasteiger partial charge in [0.2, 0.25) is 0 Å². The van der Waals surface area contributed by atoms with Gasteiger partial charge in [-0.1, -0.05) is 29.8 Å². The zero-order valence-corrected chi connectivity index (χ0v) is 11.5. The first-order valence-corrected chi connectivity index (χ1v) is 6.36. The van der Waals surface area contributed by atoms with Crippen molar-refractivity contribution >= 4 is 17.1 Å². The second kappa shape index (κ2) is 4.59. The monoisotopic (exact) mass is 272 g/mol. The number of para-hydroxylation sites is 1. The van der Waals surface area contributed by atoms with Crippen molar-refractivity contribution in [2.45, 2.75) is 6.92 Å². The number of benzene rings is 1. The van der Waals surface area contributed by atoms with Crippen LogP contribution >= 0.6 is 11.6 Å². The first kappa shape index (κ1) is 12.1. The second-order valence-corrected chi connectivity index (χ2v) is 4.69. The molecule has 3 rings (SSSR count). The third-order valence-corrected chi connectivity index (χ3v) is 3.43. The summed E-state index contributed by atoms with van der Waals surface area (Å²) in [5.74, 6) is 1.58. The molecule has 0 spiro atoms. The van der Waals surface area contributed by atoms with Gasteiger partial charge in [0.1, 0.15) is 11.6 Å². The van der Waals surface area contributed by atoms with Crippen LogP contribution in [0, 0.1) is 6.92 Å². The predicted octanol–water partition coefficient (Wildman–Crippen LogP) is 3.97. The van der Waals surface area contributed by atoms with E-state index in [-0.39, 0.29) is 0 Å². The van der Waals surface area contributed by atoms with Gasteiger partial charge in [-0.2, -0.15) is 0 Å². The Morgan fingerprint density at radius 3 is 2.74 bits per heavy atom. The molecule has 2 aromatic heterocycles. The van der Waals surface area contributed by atoms with Crippen molar-refractivity contribution in [2.75, 3.05) is 7.11 Å². The number of pyridine rings is 1. The zero-order valence-electron chi connectivity index (χ0n) is 10.7. The fraction of sp³-hybridized carbons (Fsp3) is 0.133. The minimum absolute atomic E-state index is 0.513. The number of hydrogen-bond donors (Lipinski definition) is 0. The molecule has 0 aliphatic carbocycles. The molecular formula is C15H13ClN2O. The highest BCUT2D eigenvalue weighted by molar-refractivity contribution is 6.33. The number of aryl methyl sites for hydroxylation is 1. The van der Waals surface area contributed by atoms with Gasteiger partial charge in [-0.15, -0.1) is 0 Å². The molecule has 2 heterocycles. The second-order valence-electron chi connectivity index (χ2n) is 4.34. The summed E-state index contributed by atoms with van der Waals surface area (Å²) in [5.41, 5.74) is 2.96. The molecule has 3 aromatic rings. The number of ether oxygens (including phenoxy) is 1. The fourth-order valence-electron chi connectivity index (χ4n) is 2.27. The zero-order chi connectivity index (χ0) is 13.4. The topological polar surface area (TPSA) is 26.5 Å². The molecule has 0 bridgehead atoms. The number of nitrogens with zero attached hydrogens (tertiary/aromatic N) is 2. The van der Waals surface area contributed by atoms with Crippen LogP contribution in [0.25, 0.3) is 16.9 Å². The predicted molar refractivity (Wildman–Crippen MR) is 76.9 cm³/mol. The normalized spacial score (nSPS) is 10.9. The maximum atomic E-state index is 6.26. The molecule has 0 N–H and O–H groups in total. The van der Waals surface area contributed by atoms with Crippen molar-refractivity contribution in [2.24, 2.45) is 0 Å². The standard InChI is InChI=1S/C15H13ClN2O/c1-10-6-5-9-18-13(10)14(16)17-15(18)11-7-3-4-8-12(11)19-2/h3-9H,1-2H3. The van der Waals surface area contributed by atoms with Crippen LogP contribution in [0.5, 0.6) is 5.75 Å². The van der Waals surface area contributed by atoms with Crippen LogP contribution in [0.2, 0.25) is 5.15 Å². The molecule has 19 heavy (non-hydrogen) atoms. The van der Waals surface area contributed by atoms with Gasteiger partial charge in [-0.3, -0.25) is 4.40 Å². The molecule has 0 saturated heterocycles. The molecule has 0 radical (unpaired) electrons. The summed E-state index contributed by atoms with van der Waals surface area (Å²) in [4.78, 5) is 4.48. The lowest BCUT2D eigenvalue weighted by atomic mass is 10.2. The van der Waals surface area contributed by atoms with Gasteiger partial charge in [0.25, 0.3) is 0 Å². The summed E-state index contributed by atoms with van der Waals surface area (Å²) >= 11 is 6.26. The minimum atomic E-state index is 0.513. The SMILES string of the molecule is COc1ccccc1-c1nc(Cl)c2c(C)cccn12. The summed E-state index contributed by atoms with van der Waals surface area (Å²) in [6.45, 7) is 2.02. The Morgan fingerprint density at radius 2 is 1.95 bits per heavy atom. The van der Waals surface area contributed by atoms with Gasteiger partial charge in [-0.05, 0) is 30.7 Å². The van der Waals surface area contributed by atoms with Gasteiger partial charge >= 0.3 is 0 Å². The highest BCUT2D eigenvalue weighted by Crippen LogP contribution is 2.32. The highest BCUT2D eigenvalue weighted by atomic mass is 35.5. The van der Waals surface area contributed by atoms with Crippen LogP contribution in [0.4, 0.5) is 0 Å². The average Bonchev–Trinajstić information content (AvgIpc) is 2.77. The fourth-order valence-corrected chi connectivity index (χ4v) is 2.59. The van der Waals surface area contributed by atoms with Crippen molar-refractivity contribution < 1.29 is 4.74 Å². The Morgan fingerprint density at radius 1 is 1.16 bits per heavy atom. The third kappa shape index (κ3) is 1.87. The third-order valence-electron chi connectivity index (χ3n) is 3.17. The molecule has 4 heteroatoms. The molecule has 0 aliphatic rings. The van der Waals surface area contributed by atoms with Crippen LogP contribution in [-0.2, 0) is 0 Å². The minimum Gasteiger partial charge on any atom is -0.496 e. The smallest absolute Gasteiger partial charge is 0.155 e. The summed E-state index contributed by atoms with van der Waals surface area (Å²) in [5, 5.41) is 0.513. The Labute approximate surface area is 116 Å². The van der Waals surface area contributed by atoms with Gasteiger partial charge in [-0.25, -0.2) is 4.98 Å². The van der Waals surface area contributed by atoms with Crippen molar-refractivity contribution in [3.63, 3.8) is 0 Å². The molecule has 0 fully saturated rings. The number of fused-ring (bicyclic) bond motifs is 1. The van der Waals surface area contributed by atoms with Gasteiger partial charge in [0.15, 0.2) is 5.15 Å². The highest BCUT2D eigenvalue weighted by Gasteiger charge is 2.15. The lowest BCUT2D eigenvalue weighted by molar-refractivity contribution is 0.416. The van der Waals surface area contributed by atoms with Crippen LogP contribution in [-0.4, -0.2) is 16.5 Å². The molecule has 0 unspecified atom stereocenters. The van der Waals surface area contributed by atoms with Gasteiger partial charge in [0.05, 0.1) is 18.2 Å². The number of rotatable bonds is 2. The van der Waals surface area contributed by atoms with Crippen LogP contribution in [0.3, 0.4) is 0 Å². The largest absolute Gasteiger partial charge is 0.496 e. The molecule has 0 saturated carbocycles. The van der Waals surface area contributed by atoms with E-state index in [1.165, 1.54) is 0 Å². The lowest BCUT2D eigenvalue weighted by Gasteiger charge is -2.07. The van der Waals surface area contributed by atoms with Gasteiger partial charge < -0.3 is 4.74 Å². The molecule has 96 valence electrons. The van der Waals surface area contributed by atoms with E-state index in [9.17, 15) is 0 Å². The number of hydrogen-bond acceptors (Lipinski definition) is 2. The van der Waals surface area contributed by atoms with Crippen molar-refractivity contribution in [3.05, 3.63) is 53.3 Å². The Kier molecular flexibility index (Phi) is 2.91. The van der Waals surface area contributed by atoms with Crippen molar-refractivity contribution in [1.82, 2.24) is 9.38 Å². The number of halogens is 1. The molecule has 0 aliphatic heterocycles. The van der Waals surface area contributed by atoms with Crippen LogP contribution < -0.4 is 4.74 Å². The Hall–Kier alpha value is -2.00. The first-order valence-electron chi connectivity index (χ1n) is 5.99. The summed E-state index contributed by atoms with van der Waals surface area (Å²) in [6.07, 6.45) is 1.96. The van der Waals surface area contributed by atoms with E-state index in [1.807, 2.05) is 53.9 Å². The van der Waals surface area contributed by atoms with E-state index < -0.39 is 0 Å². The number of aromatic nitrogens is 2. The Bertz CT molecular complexity index is 749. The van der Waals surface area contributed by atoms with E-state index >= 15 is 0 Å². The molecule has 3 nitrogen and oxygen atoms in total. The van der Waals surface area contributed by atoms with Crippen molar-refractivity contribution in [3.8, 4) is 17.1 Å². The average molecular weight is 273 g/mol. The van der Waals surface area contributed by atoms with E-state index in [2.05, 4.69) is 4.98 Å². The van der Waals surface area contributed by atoms with E-state index in [0.29, 0.717) is 5.15 Å². The maximum absolute atomic E-state index is 6.26. The number of methoxy groups -OCH3 is 1. The maximum Gasteiger partial charge on any atom is 0.155 e. The molecule has 0 atom stereocenters. The lowest BCUT2D eigenvalue weighted by Crippen LogP contribution is -1.93. The molecule has 0 amide bonds. The molecule has 1 aromatic carbocycles. The quantitative estimate of drug-likeness (QED) is 0.706. The van der Waals surface area contributed by atoms with Gasteiger partial charge in [0, 0.05) is 6.20 Å². The summed E-state index contributed by atoms with van der Waals surface area (Å²) in [7, 11) is 1.65. The van der Waals surface area contributed by atoms with E-state index in [4.69, 9.17) is 16.3 Å². The molecular weight excluding hydrogens is 260 g/mol. The van der Waals surface area contributed by atoms with Crippen LogP contribution in [0.15, 0.2) is 42.6 Å².